The molecule has 0 heterocycles. The lowest BCUT2D eigenvalue weighted by atomic mass is 9.76. The van der Waals surface area contributed by atoms with Crippen LogP contribution < -0.4 is 0 Å². The second-order valence-electron chi connectivity index (χ2n) is 7.47. The van der Waals surface area contributed by atoms with Crippen molar-refractivity contribution in [3.63, 3.8) is 0 Å². The van der Waals surface area contributed by atoms with E-state index in [9.17, 15) is 0 Å². The van der Waals surface area contributed by atoms with Crippen LogP contribution in [0.1, 0.15) is 37.8 Å². The van der Waals surface area contributed by atoms with Gasteiger partial charge in [0.05, 0.1) is 0 Å². The quantitative estimate of drug-likeness (QED) is 0.642. The highest BCUT2D eigenvalue weighted by Gasteiger charge is 2.41. The summed E-state index contributed by atoms with van der Waals surface area (Å²) in [4.78, 5) is 2.49. The normalized spacial score (nSPS) is 16.2. The SMILES string of the molecule is CCOC(c1ccccc1)(c1ccccc1)C(C)CN(C)CC1CC1. The van der Waals surface area contributed by atoms with Crippen molar-refractivity contribution >= 4 is 0 Å². The molecule has 0 radical (unpaired) electrons. The zero-order valence-electron chi connectivity index (χ0n) is 15.8. The van der Waals surface area contributed by atoms with E-state index in [0.29, 0.717) is 12.5 Å². The summed E-state index contributed by atoms with van der Waals surface area (Å²) in [5, 5.41) is 0. The van der Waals surface area contributed by atoms with E-state index in [1.165, 1.54) is 30.5 Å². The molecule has 1 saturated carbocycles. The van der Waals surface area contributed by atoms with Crippen molar-refractivity contribution in [1.82, 2.24) is 4.90 Å². The first-order valence-electron chi connectivity index (χ1n) is 9.60. The lowest BCUT2D eigenvalue weighted by molar-refractivity contribution is -0.0583. The summed E-state index contributed by atoms with van der Waals surface area (Å²) in [5.41, 5.74) is 2.08. The molecule has 1 unspecified atom stereocenters. The van der Waals surface area contributed by atoms with E-state index in [1.807, 2.05) is 0 Å². The first-order valence-corrected chi connectivity index (χ1v) is 9.60. The van der Waals surface area contributed by atoms with Crippen LogP contribution in [-0.4, -0.2) is 31.6 Å². The Labute approximate surface area is 152 Å². The van der Waals surface area contributed by atoms with Crippen molar-refractivity contribution in [3.8, 4) is 0 Å². The summed E-state index contributed by atoms with van der Waals surface area (Å²) >= 11 is 0. The summed E-state index contributed by atoms with van der Waals surface area (Å²) in [6.07, 6.45) is 2.79. The minimum atomic E-state index is -0.408. The van der Waals surface area contributed by atoms with E-state index in [4.69, 9.17) is 4.74 Å². The third-order valence-corrected chi connectivity index (χ3v) is 5.32. The van der Waals surface area contributed by atoms with E-state index in [1.54, 1.807) is 0 Å². The van der Waals surface area contributed by atoms with Gasteiger partial charge in [-0.25, -0.2) is 0 Å². The van der Waals surface area contributed by atoms with Crippen molar-refractivity contribution < 1.29 is 4.74 Å². The standard InChI is InChI=1S/C23H31NO/c1-4-25-23(21-11-7-5-8-12-21,22-13-9-6-10-14-22)19(2)17-24(3)18-20-15-16-20/h5-14,19-20H,4,15-18H2,1-3H3. The molecule has 1 aliphatic carbocycles. The Morgan fingerprint density at radius 3 is 1.96 bits per heavy atom. The van der Waals surface area contributed by atoms with Crippen molar-refractivity contribution in [3.05, 3.63) is 71.8 Å². The molecule has 0 aromatic heterocycles. The van der Waals surface area contributed by atoms with Crippen LogP contribution in [0.3, 0.4) is 0 Å². The monoisotopic (exact) mass is 337 g/mol. The van der Waals surface area contributed by atoms with Crippen LogP contribution in [0.15, 0.2) is 60.7 Å². The van der Waals surface area contributed by atoms with Crippen LogP contribution >= 0.6 is 0 Å². The largest absolute Gasteiger partial charge is 0.365 e. The van der Waals surface area contributed by atoms with Gasteiger partial charge in [0.15, 0.2) is 0 Å². The molecule has 0 saturated heterocycles. The molecule has 0 aliphatic heterocycles. The molecule has 2 nitrogen and oxygen atoms in total. The predicted octanol–water partition coefficient (Wildman–Crippen LogP) is 4.94. The number of ether oxygens (including phenoxy) is 1. The van der Waals surface area contributed by atoms with Crippen LogP contribution in [0.5, 0.6) is 0 Å². The van der Waals surface area contributed by atoms with Crippen molar-refractivity contribution in [2.24, 2.45) is 11.8 Å². The molecule has 25 heavy (non-hydrogen) atoms. The Bertz CT molecular complexity index is 596. The van der Waals surface area contributed by atoms with Crippen LogP contribution in [0, 0.1) is 11.8 Å². The van der Waals surface area contributed by atoms with Crippen LogP contribution in [0.2, 0.25) is 0 Å². The molecule has 1 aliphatic rings. The molecular weight excluding hydrogens is 306 g/mol. The first kappa shape index (κ1) is 18.2. The fourth-order valence-electron chi connectivity index (χ4n) is 4.06. The van der Waals surface area contributed by atoms with E-state index in [-0.39, 0.29) is 0 Å². The molecule has 2 heteroatoms. The number of rotatable bonds is 9. The van der Waals surface area contributed by atoms with E-state index < -0.39 is 5.60 Å². The second kappa shape index (κ2) is 8.16. The smallest absolute Gasteiger partial charge is 0.122 e. The van der Waals surface area contributed by atoms with Gasteiger partial charge in [-0.15, -0.1) is 0 Å². The van der Waals surface area contributed by atoms with Gasteiger partial charge in [-0.05, 0) is 43.9 Å². The summed E-state index contributed by atoms with van der Waals surface area (Å²) in [6.45, 7) is 7.36. The first-order chi connectivity index (χ1) is 12.2. The Kier molecular flexibility index (Phi) is 5.93. The Hall–Kier alpha value is -1.64. The van der Waals surface area contributed by atoms with Gasteiger partial charge in [-0.2, -0.15) is 0 Å². The summed E-state index contributed by atoms with van der Waals surface area (Å²) < 4.78 is 6.56. The topological polar surface area (TPSA) is 12.5 Å². The maximum absolute atomic E-state index is 6.56. The van der Waals surface area contributed by atoms with Gasteiger partial charge in [0.1, 0.15) is 5.60 Å². The average Bonchev–Trinajstić information content (AvgIpc) is 3.45. The van der Waals surface area contributed by atoms with Crippen LogP contribution in [0.25, 0.3) is 0 Å². The molecule has 1 atom stereocenters. The Morgan fingerprint density at radius 1 is 1.00 bits per heavy atom. The number of hydrogen-bond acceptors (Lipinski definition) is 2. The average molecular weight is 338 g/mol. The van der Waals surface area contributed by atoms with Gasteiger partial charge in [0, 0.05) is 25.6 Å². The molecule has 3 rings (SSSR count). The van der Waals surface area contributed by atoms with Gasteiger partial charge in [0.25, 0.3) is 0 Å². The van der Waals surface area contributed by atoms with E-state index in [0.717, 1.165) is 12.5 Å². The Balaban J connectivity index is 1.97. The molecule has 2 aromatic carbocycles. The molecule has 2 aromatic rings. The van der Waals surface area contributed by atoms with Crippen molar-refractivity contribution in [1.29, 1.82) is 0 Å². The molecular formula is C23H31NO. The fourth-order valence-corrected chi connectivity index (χ4v) is 4.06. The highest BCUT2D eigenvalue weighted by Crippen LogP contribution is 2.41. The third-order valence-electron chi connectivity index (χ3n) is 5.32. The van der Waals surface area contributed by atoms with Crippen molar-refractivity contribution in [2.75, 3.05) is 26.7 Å². The highest BCUT2D eigenvalue weighted by molar-refractivity contribution is 5.37. The second-order valence-corrected chi connectivity index (χ2v) is 7.47. The molecule has 134 valence electrons. The lowest BCUT2D eigenvalue weighted by Crippen LogP contribution is -2.43. The van der Waals surface area contributed by atoms with Gasteiger partial charge >= 0.3 is 0 Å². The maximum Gasteiger partial charge on any atom is 0.122 e. The van der Waals surface area contributed by atoms with Gasteiger partial charge in [-0.1, -0.05) is 67.6 Å². The highest BCUT2D eigenvalue weighted by atomic mass is 16.5. The van der Waals surface area contributed by atoms with Crippen molar-refractivity contribution in [2.45, 2.75) is 32.3 Å². The van der Waals surface area contributed by atoms with E-state index >= 15 is 0 Å². The maximum atomic E-state index is 6.56. The van der Waals surface area contributed by atoms with Crippen LogP contribution in [0.4, 0.5) is 0 Å². The molecule has 0 N–H and O–H groups in total. The fraction of sp³-hybridized carbons (Fsp3) is 0.478. The number of nitrogens with zero attached hydrogens (tertiary/aromatic N) is 1. The number of hydrogen-bond donors (Lipinski definition) is 0. The van der Waals surface area contributed by atoms with Crippen LogP contribution in [-0.2, 0) is 10.3 Å². The van der Waals surface area contributed by atoms with Gasteiger partial charge in [-0.3, -0.25) is 0 Å². The molecule has 0 spiro atoms. The van der Waals surface area contributed by atoms with Gasteiger partial charge in [0.2, 0.25) is 0 Å². The summed E-state index contributed by atoms with van der Waals surface area (Å²) in [5.74, 6) is 1.26. The van der Waals surface area contributed by atoms with Gasteiger partial charge < -0.3 is 9.64 Å². The van der Waals surface area contributed by atoms with E-state index in [2.05, 4.69) is 86.5 Å². The minimum absolute atomic E-state index is 0.348. The lowest BCUT2D eigenvalue weighted by Gasteiger charge is -2.41. The third kappa shape index (κ3) is 4.13. The summed E-state index contributed by atoms with van der Waals surface area (Å²) in [6, 6.07) is 21.5. The predicted molar refractivity (Wildman–Crippen MR) is 105 cm³/mol. The molecule has 0 bridgehead atoms. The number of benzene rings is 2. The molecule has 1 fully saturated rings. The summed E-state index contributed by atoms with van der Waals surface area (Å²) in [7, 11) is 2.25. The molecule has 0 amide bonds. The minimum Gasteiger partial charge on any atom is -0.365 e. The Morgan fingerprint density at radius 2 is 1.52 bits per heavy atom. The zero-order valence-corrected chi connectivity index (χ0v) is 15.8. The zero-order chi connectivity index (χ0) is 17.7.